The summed E-state index contributed by atoms with van der Waals surface area (Å²) in [5, 5.41) is 0. The lowest BCUT2D eigenvalue weighted by Crippen LogP contribution is -2.14. The van der Waals surface area contributed by atoms with E-state index in [1.807, 2.05) is 0 Å². The van der Waals surface area contributed by atoms with Crippen LogP contribution in [0.15, 0.2) is 24.3 Å². The van der Waals surface area contributed by atoms with Crippen molar-refractivity contribution in [1.29, 1.82) is 0 Å². The van der Waals surface area contributed by atoms with Crippen molar-refractivity contribution in [1.82, 2.24) is 0 Å². The Morgan fingerprint density at radius 1 is 1.23 bits per heavy atom. The van der Waals surface area contributed by atoms with Gasteiger partial charge in [-0.2, -0.15) is 0 Å². The fourth-order valence-corrected chi connectivity index (χ4v) is 2.36. The Balaban J connectivity index is 2.53. The molecule has 0 heterocycles. The van der Waals surface area contributed by atoms with E-state index in [9.17, 15) is 9.36 Å². The van der Waals surface area contributed by atoms with Gasteiger partial charge in [-0.25, -0.2) is 9.36 Å². The predicted octanol–water partition coefficient (Wildman–Crippen LogP) is 3.53. The second-order valence-corrected chi connectivity index (χ2v) is 6.28. The molecule has 0 aliphatic carbocycles. The molecule has 124 valence electrons. The molecule has 1 aromatic rings. The summed E-state index contributed by atoms with van der Waals surface area (Å²) in [6.07, 6.45) is 4.23. The van der Waals surface area contributed by atoms with Gasteiger partial charge in [-0.05, 0) is 36.6 Å². The highest BCUT2D eigenvalue weighted by atomic mass is 31.2. The van der Waals surface area contributed by atoms with Crippen LogP contribution in [-0.4, -0.2) is 22.4 Å². The van der Waals surface area contributed by atoms with Gasteiger partial charge in [-0.15, -0.1) is 0 Å². The molecule has 7 heteroatoms. The molecule has 0 bridgehead atoms. The number of rotatable bonds is 9. The van der Waals surface area contributed by atoms with E-state index < -0.39 is 13.8 Å². The van der Waals surface area contributed by atoms with Crippen molar-refractivity contribution in [2.75, 3.05) is 6.61 Å². The minimum atomic E-state index is -4.58. The van der Waals surface area contributed by atoms with Gasteiger partial charge in [0.25, 0.3) is 0 Å². The summed E-state index contributed by atoms with van der Waals surface area (Å²) >= 11 is 0. The number of hydrogen-bond donors (Lipinski definition) is 2. The summed E-state index contributed by atoms with van der Waals surface area (Å²) in [6.45, 7) is 4.58. The molecule has 0 radical (unpaired) electrons. The molecular weight excluding hydrogens is 307 g/mol. The lowest BCUT2D eigenvalue weighted by molar-refractivity contribution is 0.0428. The van der Waals surface area contributed by atoms with E-state index in [1.165, 1.54) is 24.3 Å². The second kappa shape index (κ2) is 8.93. The third-order valence-electron chi connectivity index (χ3n) is 3.31. The first-order chi connectivity index (χ1) is 10.4. The molecular formula is C15H23O6P. The van der Waals surface area contributed by atoms with Crippen LogP contribution in [-0.2, 0) is 9.30 Å². The summed E-state index contributed by atoms with van der Waals surface area (Å²) in [5.41, 5.74) is 0.323. The topological polar surface area (TPSA) is 93.1 Å². The van der Waals surface area contributed by atoms with Crippen LogP contribution in [0.4, 0.5) is 0 Å². The monoisotopic (exact) mass is 330 g/mol. The quantitative estimate of drug-likeness (QED) is 0.531. The SMILES string of the molecule is CCCCC(CC)COC(=O)c1ccc(OP(=O)(O)O)cc1. The highest BCUT2D eigenvalue weighted by molar-refractivity contribution is 7.46. The Hall–Kier alpha value is -1.36. The molecule has 0 aliphatic heterocycles. The molecule has 22 heavy (non-hydrogen) atoms. The normalized spacial score (nSPS) is 12.7. The lowest BCUT2D eigenvalue weighted by Gasteiger charge is -2.14. The minimum absolute atomic E-state index is 0.000682. The number of esters is 1. The number of unbranched alkanes of at least 4 members (excludes halogenated alkanes) is 1. The van der Waals surface area contributed by atoms with Gasteiger partial charge < -0.3 is 9.26 Å². The standard InChI is InChI=1S/C15H23O6P/c1-3-5-6-12(4-2)11-20-15(16)13-7-9-14(10-8-13)21-22(17,18)19/h7-10,12H,3-6,11H2,1-2H3,(H2,17,18,19). The number of hydrogen-bond acceptors (Lipinski definition) is 4. The number of phosphoric ester groups is 1. The van der Waals surface area contributed by atoms with Crippen molar-refractivity contribution in [3.05, 3.63) is 29.8 Å². The van der Waals surface area contributed by atoms with E-state index in [-0.39, 0.29) is 5.75 Å². The fraction of sp³-hybridized carbons (Fsp3) is 0.533. The average Bonchev–Trinajstić information content (AvgIpc) is 2.46. The number of carbonyl (C=O) groups is 1. The summed E-state index contributed by atoms with van der Waals surface area (Å²) in [4.78, 5) is 29.3. The first-order valence-electron chi connectivity index (χ1n) is 7.38. The van der Waals surface area contributed by atoms with E-state index in [0.717, 1.165) is 25.7 Å². The van der Waals surface area contributed by atoms with Crippen LogP contribution in [0.2, 0.25) is 0 Å². The number of carbonyl (C=O) groups excluding carboxylic acids is 1. The van der Waals surface area contributed by atoms with Crippen LogP contribution in [0.5, 0.6) is 5.75 Å². The number of phosphoric acid groups is 1. The van der Waals surface area contributed by atoms with Gasteiger partial charge in [-0.3, -0.25) is 9.79 Å². The van der Waals surface area contributed by atoms with E-state index in [1.54, 1.807) is 0 Å². The van der Waals surface area contributed by atoms with E-state index >= 15 is 0 Å². The first kappa shape index (κ1) is 18.7. The van der Waals surface area contributed by atoms with Gasteiger partial charge in [0.2, 0.25) is 0 Å². The van der Waals surface area contributed by atoms with Gasteiger partial charge >= 0.3 is 13.8 Å². The van der Waals surface area contributed by atoms with Crippen LogP contribution in [0, 0.1) is 5.92 Å². The maximum absolute atomic E-state index is 11.9. The van der Waals surface area contributed by atoms with Gasteiger partial charge in [0.15, 0.2) is 0 Å². The molecule has 0 aliphatic rings. The zero-order valence-electron chi connectivity index (χ0n) is 12.9. The first-order valence-corrected chi connectivity index (χ1v) is 8.91. The molecule has 0 saturated heterocycles. The molecule has 2 N–H and O–H groups in total. The van der Waals surface area contributed by atoms with Gasteiger partial charge in [-0.1, -0.05) is 33.1 Å². The van der Waals surface area contributed by atoms with Crippen molar-refractivity contribution in [2.24, 2.45) is 5.92 Å². The Kier molecular flexibility index (Phi) is 7.59. The minimum Gasteiger partial charge on any atom is -0.462 e. The molecule has 1 aromatic carbocycles. The van der Waals surface area contributed by atoms with Crippen molar-refractivity contribution in [3.63, 3.8) is 0 Å². The largest absolute Gasteiger partial charge is 0.524 e. The molecule has 0 saturated carbocycles. The van der Waals surface area contributed by atoms with Gasteiger partial charge in [0, 0.05) is 0 Å². The smallest absolute Gasteiger partial charge is 0.462 e. The molecule has 0 spiro atoms. The fourth-order valence-electron chi connectivity index (χ4n) is 1.96. The van der Waals surface area contributed by atoms with Gasteiger partial charge in [0.05, 0.1) is 12.2 Å². The summed E-state index contributed by atoms with van der Waals surface area (Å²) in [5.74, 6) is -0.0851. The number of ether oxygens (including phenoxy) is 1. The second-order valence-electron chi connectivity index (χ2n) is 5.12. The third-order valence-corrected chi connectivity index (χ3v) is 3.76. The zero-order chi connectivity index (χ0) is 16.6. The molecule has 0 amide bonds. The highest BCUT2D eigenvalue weighted by Crippen LogP contribution is 2.37. The predicted molar refractivity (Wildman–Crippen MR) is 82.7 cm³/mol. The summed E-state index contributed by atoms with van der Waals surface area (Å²) in [7, 11) is -4.58. The van der Waals surface area contributed by atoms with Crippen LogP contribution in [0.3, 0.4) is 0 Å². The Labute approximate surface area is 130 Å². The van der Waals surface area contributed by atoms with E-state index in [0.29, 0.717) is 18.1 Å². The van der Waals surface area contributed by atoms with Crippen molar-refractivity contribution in [2.45, 2.75) is 39.5 Å². The average molecular weight is 330 g/mol. The summed E-state index contributed by atoms with van der Waals surface area (Å²) < 4.78 is 20.4. The van der Waals surface area contributed by atoms with Gasteiger partial charge in [0.1, 0.15) is 5.75 Å². The molecule has 1 atom stereocenters. The van der Waals surface area contributed by atoms with Crippen LogP contribution >= 0.6 is 7.82 Å². The lowest BCUT2D eigenvalue weighted by atomic mass is 10.0. The zero-order valence-corrected chi connectivity index (χ0v) is 13.8. The van der Waals surface area contributed by atoms with Crippen molar-refractivity contribution < 1.29 is 28.4 Å². The molecule has 1 rings (SSSR count). The summed E-state index contributed by atoms with van der Waals surface area (Å²) in [6, 6.07) is 5.48. The van der Waals surface area contributed by atoms with E-state index in [2.05, 4.69) is 18.4 Å². The van der Waals surface area contributed by atoms with Crippen molar-refractivity contribution >= 4 is 13.8 Å². The molecule has 6 nitrogen and oxygen atoms in total. The highest BCUT2D eigenvalue weighted by Gasteiger charge is 2.16. The molecule has 1 unspecified atom stereocenters. The number of benzene rings is 1. The van der Waals surface area contributed by atoms with Crippen LogP contribution in [0.25, 0.3) is 0 Å². The maximum Gasteiger partial charge on any atom is 0.524 e. The van der Waals surface area contributed by atoms with E-state index in [4.69, 9.17) is 14.5 Å². The Morgan fingerprint density at radius 2 is 1.86 bits per heavy atom. The Morgan fingerprint density at radius 3 is 2.36 bits per heavy atom. The van der Waals surface area contributed by atoms with Crippen molar-refractivity contribution in [3.8, 4) is 5.75 Å². The third kappa shape index (κ3) is 7.07. The van der Waals surface area contributed by atoms with Crippen LogP contribution in [0.1, 0.15) is 49.9 Å². The Bertz CT molecular complexity index is 507. The molecule has 0 fully saturated rings. The van der Waals surface area contributed by atoms with Crippen LogP contribution < -0.4 is 4.52 Å². The maximum atomic E-state index is 11.9. The molecule has 0 aromatic heterocycles.